The van der Waals surface area contributed by atoms with E-state index in [2.05, 4.69) is 4.98 Å². The minimum atomic E-state index is -0.173. The number of aromatic amines is 1. The number of likely N-dealkylation sites (tertiary alicyclic amines) is 1. The second kappa shape index (κ2) is 7.98. The number of piperidine rings is 1. The van der Waals surface area contributed by atoms with Crippen LogP contribution in [0.5, 0.6) is 0 Å². The average Bonchev–Trinajstić information content (AvgIpc) is 3.26. The molecule has 4 heterocycles. The van der Waals surface area contributed by atoms with Crippen LogP contribution in [0.1, 0.15) is 71.3 Å². The van der Waals surface area contributed by atoms with Gasteiger partial charge in [-0.3, -0.25) is 14.4 Å². The van der Waals surface area contributed by atoms with Gasteiger partial charge >= 0.3 is 0 Å². The maximum atomic E-state index is 13.0. The van der Waals surface area contributed by atoms with E-state index in [0.29, 0.717) is 41.5 Å². The molecule has 2 amide bonds. The lowest BCUT2D eigenvalue weighted by Crippen LogP contribution is -2.45. The fourth-order valence-corrected chi connectivity index (χ4v) is 5.41. The third kappa shape index (κ3) is 3.47. The van der Waals surface area contributed by atoms with Crippen LogP contribution in [0.15, 0.2) is 22.3 Å². The Morgan fingerprint density at radius 3 is 2.73 bits per heavy atom. The molecule has 5 rings (SSSR count). The number of nitrogens with zero attached hydrogens (tertiary/aromatic N) is 3. The summed E-state index contributed by atoms with van der Waals surface area (Å²) in [4.78, 5) is 50.7. The summed E-state index contributed by atoms with van der Waals surface area (Å²) in [5, 5.41) is 1.89. The van der Waals surface area contributed by atoms with Crippen molar-refractivity contribution >= 4 is 23.2 Å². The average molecular weight is 427 g/mol. The number of aromatic nitrogens is 2. The van der Waals surface area contributed by atoms with Crippen molar-refractivity contribution in [2.75, 3.05) is 13.1 Å². The molecule has 2 aromatic heterocycles. The minimum Gasteiger partial charge on any atom is -0.332 e. The topological polar surface area (TPSA) is 86.4 Å². The van der Waals surface area contributed by atoms with E-state index < -0.39 is 0 Å². The number of carbonyl (C=O) groups is 2. The van der Waals surface area contributed by atoms with E-state index in [1.165, 1.54) is 11.3 Å². The molecule has 8 heteroatoms. The molecule has 158 valence electrons. The lowest BCUT2D eigenvalue weighted by Gasteiger charge is -2.39. The van der Waals surface area contributed by atoms with Gasteiger partial charge in [0.2, 0.25) is 5.91 Å². The third-order valence-electron chi connectivity index (χ3n) is 6.67. The van der Waals surface area contributed by atoms with Gasteiger partial charge in [-0.1, -0.05) is 12.5 Å². The van der Waals surface area contributed by atoms with Crippen molar-refractivity contribution in [2.24, 2.45) is 5.92 Å². The lowest BCUT2D eigenvalue weighted by molar-refractivity contribution is -0.142. The Balaban J connectivity index is 1.42. The summed E-state index contributed by atoms with van der Waals surface area (Å²) in [7, 11) is 0. The van der Waals surface area contributed by atoms with Crippen LogP contribution >= 0.6 is 11.3 Å². The Morgan fingerprint density at radius 2 is 2.00 bits per heavy atom. The molecule has 0 bridgehead atoms. The largest absolute Gasteiger partial charge is 0.332 e. The number of hydrogen-bond acceptors (Lipinski definition) is 5. The van der Waals surface area contributed by atoms with Gasteiger partial charge in [-0.25, -0.2) is 4.98 Å². The normalized spacial score (nSPS) is 21.8. The molecule has 1 aliphatic carbocycles. The van der Waals surface area contributed by atoms with Crippen LogP contribution in [-0.2, 0) is 17.8 Å². The molecule has 1 unspecified atom stereocenters. The SMILES string of the molecule is O=C(c1cccs1)N1CCc2c(nc(C3CCCCN3C(=O)C3CCC3)[nH]c2=O)C1. The third-order valence-corrected chi connectivity index (χ3v) is 7.52. The van der Waals surface area contributed by atoms with E-state index in [1.54, 1.807) is 4.90 Å². The van der Waals surface area contributed by atoms with Crippen LogP contribution in [0.2, 0.25) is 0 Å². The molecule has 2 aromatic rings. The lowest BCUT2D eigenvalue weighted by atomic mass is 9.83. The monoisotopic (exact) mass is 426 g/mol. The van der Waals surface area contributed by atoms with Gasteiger partial charge in [-0.05, 0) is 50.0 Å². The van der Waals surface area contributed by atoms with Gasteiger partial charge in [0, 0.05) is 24.6 Å². The number of nitrogens with one attached hydrogen (secondary N) is 1. The van der Waals surface area contributed by atoms with E-state index in [9.17, 15) is 14.4 Å². The predicted molar refractivity (Wildman–Crippen MR) is 113 cm³/mol. The zero-order valence-electron chi connectivity index (χ0n) is 16.9. The highest BCUT2D eigenvalue weighted by Crippen LogP contribution is 2.35. The Morgan fingerprint density at radius 1 is 1.13 bits per heavy atom. The van der Waals surface area contributed by atoms with Crippen LogP contribution in [0, 0.1) is 5.92 Å². The van der Waals surface area contributed by atoms with E-state index >= 15 is 0 Å². The number of fused-ring (bicyclic) bond motifs is 1. The van der Waals surface area contributed by atoms with Crippen molar-refractivity contribution in [3.05, 3.63) is 49.8 Å². The molecule has 1 atom stereocenters. The van der Waals surface area contributed by atoms with Gasteiger partial charge < -0.3 is 14.8 Å². The van der Waals surface area contributed by atoms with E-state index in [4.69, 9.17) is 4.98 Å². The van der Waals surface area contributed by atoms with Crippen LogP contribution in [-0.4, -0.2) is 44.7 Å². The predicted octanol–water partition coefficient (Wildman–Crippen LogP) is 2.88. The van der Waals surface area contributed by atoms with Crippen molar-refractivity contribution in [3.63, 3.8) is 0 Å². The number of amides is 2. The molecule has 0 radical (unpaired) electrons. The molecular weight excluding hydrogens is 400 g/mol. The molecule has 2 fully saturated rings. The molecule has 0 aromatic carbocycles. The number of rotatable bonds is 3. The van der Waals surface area contributed by atoms with Crippen molar-refractivity contribution in [2.45, 2.75) is 57.5 Å². The molecule has 1 saturated heterocycles. The zero-order chi connectivity index (χ0) is 20.7. The molecule has 7 nitrogen and oxygen atoms in total. The van der Waals surface area contributed by atoms with Gasteiger partial charge in [0.25, 0.3) is 11.5 Å². The standard InChI is InChI=1S/C22H26N4O3S/c27-20-15-9-11-25(22(29)18-8-4-12-30-18)13-16(15)23-19(24-20)17-7-1-2-10-26(17)21(28)14-5-3-6-14/h4,8,12,14,17H,1-3,5-7,9-11,13H2,(H,23,24,27). The first-order valence-electron chi connectivity index (χ1n) is 10.9. The highest BCUT2D eigenvalue weighted by molar-refractivity contribution is 7.12. The number of H-pyrrole nitrogens is 1. The van der Waals surface area contributed by atoms with Gasteiger partial charge in [0.1, 0.15) is 5.82 Å². The molecule has 0 spiro atoms. The Labute approximate surface area is 179 Å². The highest BCUT2D eigenvalue weighted by atomic mass is 32.1. The quantitative estimate of drug-likeness (QED) is 0.818. The van der Waals surface area contributed by atoms with Crippen LogP contribution < -0.4 is 5.56 Å². The van der Waals surface area contributed by atoms with Crippen molar-refractivity contribution < 1.29 is 9.59 Å². The summed E-state index contributed by atoms with van der Waals surface area (Å²) >= 11 is 1.43. The first-order chi connectivity index (χ1) is 14.6. The highest BCUT2D eigenvalue weighted by Gasteiger charge is 2.36. The summed E-state index contributed by atoms with van der Waals surface area (Å²) in [6, 6.07) is 3.52. The summed E-state index contributed by atoms with van der Waals surface area (Å²) in [5.41, 5.74) is 1.22. The summed E-state index contributed by atoms with van der Waals surface area (Å²) in [6.07, 6.45) is 6.39. The van der Waals surface area contributed by atoms with Gasteiger partial charge in [-0.15, -0.1) is 11.3 Å². The Kier molecular flexibility index (Phi) is 5.18. The second-order valence-electron chi connectivity index (χ2n) is 8.50. The number of thiophene rings is 1. The van der Waals surface area contributed by atoms with Crippen molar-refractivity contribution in [1.82, 2.24) is 19.8 Å². The fraction of sp³-hybridized carbons (Fsp3) is 0.545. The smallest absolute Gasteiger partial charge is 0.264 e. The maximum Gasteiger partial charge on any atom is 0.264 e. The first-order valence-corrected chi connectivity index (χ1v) is 11.7. The van der Waals surface area contributed by atoms with E-state index in [1.807, 2.05) is 22.4 Å². The summed E-state index contributed by atoms with van der Waals surface area (Å²) in [5.74, 6) is 0.907. The Bertz CT molecular complexity index is 1010. The van der Waals surface area contributed by atoms with E-state index in [-0.39, 0.29) is 29.3 Å². The molecule has 2 aliphatic heterocycles. The maximum absolute atomic E-state index is 13.0. The van der Waals surface area contributed by atoms with Crippen molar-refractivity contribution in [3.8, 4) is 0 Å². The van der Waals surface area contributed by atoms with Crippen molar-refractivity contribution in [1.29, 1.82) is 0 Å². The van der Waals surface area contributed by atoms with Gasteiger partial charge in [0.05, 0.1) is 23.2 Å². The zero-order valence-corrected chi connectivity index (χ0v) is 17.7. The van der Waals surface area contributed by atoms with Crippen LogP contribution in [0.4, 0.5) is 0 Å². The molecule has 1 N–H and O–H groups in total. The number of carbonyl (C=O) groups excluding carboxylic acids is 2. The first kappa shape index (κ1) is 19.5. The van der Waals surface area contributed by atoms with Gasteiger partial charge in [-0.2, -0.15) is 0 Å². The Hall–Kier alpha value is -2.48. The summed E-state index contributed by atoms with van der Waals surface area (Å²) < 4.78 is 0. The van der Waals surface area contributed by atoms with Crippen LogP contribution in [0.3, 0.4) is 0 Å². The number of hydrogen-bond donors (Lipinski definition) is 1. The molecular formula is C22H26N4O3S. The minimum absolute atomic E-state index is 0.0151. The van der Waals surface area contributed by atoms with E-state index in [0.717, 1.165) is 45.1 Å². The molecule has 30 heavy (non-hydrogen) atoms. The summed E-state index contributed by atoms with van der Waals surface area (Å²) in [6.45, 7) is 1.58. The molecule has 3 aliphatic rings. The van der Waals surface area contributed by atoms with Gasteiger partial charge in [0.15, 0.2) is 0 Å². The fourth-order valence-electron chi connectivity index (χ4n) is 4.72. The second-order valence-corrected chi connectivity index (χ2v) is 9.45. The molecule has 1 saturated carbocycles. The van der Waals surface area contributed by atoms with Crippen LogP contribution in [0.25, 0.3) is 0 Å².